The molecule has 4 nitrogen and oxygen atoms in total. The molecule has 0 fully saturated rings. The van der Waals surface area contributed by atoms with Crippen molar-refractivity contribution in [2.24, 2.45) is 0 Å². The summed E-state index contributed by atoms with van der Waals surface area (Å²) in [5, 5.41) is 9.38. The van der Waals surface area contributed by atoms with Crippen LogP contribution in [-0.2, 0) is 0 Å². The fourth-order valence-electron chi connectivity index (χ4n) is 1.99. The smallest absolute Gasteiger partial charge is 0.205 e. The highest BCUT2D eigenvalue weighted by Crippen LogP contribution is 2.28. The molecule has 2 aromatic heterocycles. The maximum Gasteiger partial charge on any atom is 0.205 e. The van der Waals surface area contributed by atoms with Gasteiger partial charge in [0.1, 0.15) is 0 Å². The Morgan fingerprint density at radius 3 is 2.71 bits per heavy atom. The number of hydrogen-bond acceptors (Lipinski definition) is 4. The van der Waals surface area contributed by atoms with Crippen molar-refractivity contribution in [3.05, 3.63) is 60.9 Å². The Bertz CT molecular complexity index is 729. The second-order valence-corrected chi connectivity index (χ2v) is 5.54. The van der Waals surface area contributed by atoms with Gasteiger partial charge in [-0.25, -0.2) is 0 Å². The number of hydrogen-bond donors (Lipinski definition) is 0. The molecule has 3 rings (SSSR count). The first kappa shape index (κ1) is 13.7. The minimum absolute atomic E-state index is 0.702. The van der Waals surface area contributed by atoms with E-state index in [-0.39, 0.29) is 0 Å². The van der Waals surface area contributed by atoms with Gasteiger partial charge in [0.15, 0.2) is 10.9 Å². The van der Waals surface area contributed by atoms with Gasteiger partial charge in [-0.1, -0.05) is 35.5 Å². The van der Waals surface area contributed by atoms with Crippen LogP contribution in [0.3, 0.4) is 0 Å². The highest BCUT2D eigenvalue weighted by molar-refractivity contribution is 7.99. The van der Waals surface area contributed by atoms with Crippen molar-refractivity contribution in [1.82, 2.24) is 14.8 Å². The van der Waals surface area contributed by atoms with Crippen LogP contribution in [0, 0.1) is 6.92 Å². The summed E-state index contributed by atoms with van der Waals surface area (Å²) in [7, 11) is 0. The van der Waals surface area contributed by atoms with Gasteiger partial charge in [-0.15, -0.1) is 16.8 Å². The Morgan fingerprint density at radius 2 is 2.05 bits per heavy atom. The van der Waals surface area contributed by atoms with Crippen LogP contribution in [0.1, 0.15) is 5.56 Å². The van der Waals surface area contributed by atoms with Crippen LogP contribution in [0.4, 0.5) is 0 Å². The van der Waals surface area contributed by atoms with Gasteiger partial charge >= 0.3 is 0 Å². The van der Waals surface area contributed by atoms with Crippen molar-refractivity contribution in [3.8, 4) is 17.3 Å². The fraction of sp³-hybridized carbons (Fsp3) is 0.125. The molecule has 106 valence electrons. The number of aromatic nitrogens is 3. The minimum atomic E-state index is 0.702. The zero-order valence-corrected chi connectivity index (χ0v) is 12.5. The molecule has 0 aliphatic heterocycles. The van der Waals surface area contributed by atoms with E-state index in [0.717, 1.165) is 16.6 Å². The molecule has 0 aliphatic rings. The average molecular weight is 297 g/mol. The van der Waals surface area contributed by atoms with E-state index in [1.165, 1.54) is 5.56 Å². The Kier molecular flexibility index (Phi) is 3.92. The van der Waals surface area contributed by atoms with Crippen LogP contribution in [0.2, 0.25) is 0 Å². The van der Waals surface area contributed by atoms with Gasteiger partial charge < -0.3 is 4.42 Å². The van der Waals surface area contributed by atoms with Crippen molar-refractivity contribution < 1.29 is 4.42 Å². The standard InChI is InChI=1S/C16H15N3OS/c1-3-11-21-16-18-17-15(14-5-4-10-20-14)19(16)13-8-6-12(2)7-9-13/h3-10H,1,11H2,2H3. The van der Waals surface area contributed by atoms with E-state index in [1.54, 1.807) is 18.0 Å². The molecular formula is C16H15N3OS. The van der Waals surface area contributed by atoms with E-state index < -0.39 is 0 Å². The first-order chi connectivity index (χ1) is 10.3. The molecule has 0 saturated carbocycles. The van der Waals surface area contributed by atoms with Gasteiger partial charge in [0, 0.05) is 11.4 Å². The molecule has 3 aromatic rings. The monoisotopic (exact) mass is 297 g/mol. The third-order valence-electron chi connectivity index (χ3n) is 3.00. The topological polar surface area (TPSA) is 43.9 Å². The quantitative estimate of drug-likeness (QED) is 0.525. The number of benzene rings is 1. The van der Waals surface area contributed by atoms with Gasteiger partial charge in [0.2, 0.25) is 5.82 Å². The van der Waals surface area contributed by atoms with Crippen molar-refractivity contribution in [3.63, 3.8) is 0 Å². The van der Waals surface area contributed by atoms with Gasteiger partial charge in [-0.2, -0.15) is 0 Å². The predicted molar refractivity (Wildman–Crippen MR) is 84.7 cm³/mol. The summed E-state index contributed by atoms with van der Waals surface area (Å²) >= 11 is 1.59. The van der Waals surface area contributed by atoms with Crippen molar-refractivity contribution in [2.45, 2.75) is 12.1 Å². The Hall–Kier alpha value is -2.27. The highest BCUT2D eigenvalue weighted by Gasteiger charge is 2.17. The molecule has 0 radical (unpaired) electrons. The van der Waals surface area contributed by atoms with E-state index in [0.29, 0.717) is 11.6 Å². The molecule has 0 N–H and O–H groups in total. The zero-order valence-electron chi connectivity index (χ0n) is 11.7. The number of rotatable bonds is 5. The summed E-state index contributed by atoms with van der Waals surface area (Å²) in [5.74, 6) is 2.19. The van der Waals surface area contributed by atoms with E-state index in [2.05, 4.69) is 48.0 Å². The van der Waals surface area contributed by atoms with Crippen LogP contribution in [0.15, 0.2) is 64.9 Å². The number of nitrogens with zero attached hydrogens (tertiary/aromatic N) is 3. The van der Waals surface area contributed by atoms with E-state index in [1.807, 2.05) is 22.8 Å². The minimum Gasteiger partial charge on any atom is -0.461 e. The molecule has 0 spiro atoms. The van der Waals surface area contributed by atoms with Crippen LogP contribution in [0.5, 0.6) is 0 Å². The van der Waals surface area contributed by atoms with Crippen LogP contribution < -0.4 is 0 Å². The molecule has 5 heteroatoms. The van der Waals surface area contributed by atoms with E-state index >= 15 is 0 Å². The average Bonchev–Trinajstić information content (AvgIpc) is 3.15. The summed E-state index contributed by atoms with van der Waals surface area (Å²) < 4.78 is 7.48. The first-order valence-electron chi connectivity index (χ1n) is 6.59. The Morgan fingerprint density at radius 1 is 1.24 bits per heavy atom. The molecule has 1 aromatic carbocycles. The largest absolute Gasteiger partial charge is 0.461 e. The summed E-state index contributed by atoms with van der Waals surface area (Å²) in [4.78, 5) is 0. The summed E-state index contributed by atoms with van der Waals surface area (Å²) in [6.45, 7) is 5.82. The van der Waals surface area contributed by atoms with Gasteiger partial charge in [-0.05, 0) is 31.2 Å². The van der Waals surface area contributed by atoms with Gasteiger partial charge in [0.25, 0.3) is 0 Å². The first-order valence-corrected chi connectivity index (χ1v) is 7.58. The third kappa shape index (κ3) is 2.78. The molecule has 0 amide bonds. The molecule has 2 heterocycles. The summed E-state index contributed by atoms with van der Waals surface area (Å²) in [6.07, 6.45) is 3.49. The highest BCUT2D eigenvalue weighted by atomic mass is 32.2. The maximum atomic E-state index is 5.47. The second-order valence-electron chi connectivity index (χ2n) is 4.55. The molecule has 0 unspecified atom stereocenters. The fourth-order valence-corrected chi connectivity index (χ4v) is 2.68. The Balaban J connectivity index is 2.11. The van der Waals surface area contributed by atoms with E-state index in [4.69, 9.17) is 4.42 Å². The van der Waals surface area contributed by atoms with Crippen LogP contribution >= 0.6 is 11.8 Å². The van der Waals surface area contributed by atoms with Crippen LogP contribution in [0.25, 0.3) is 17.3 Å². The van der Waals surface area contributed by atoms with E-state index in [9.17, 15) is 0 Å². The summed E-state index contributed by atoms with van der Waals surface area (Å²) in [5.41, 5.74) is 2.23. The SMILES string of the molecule is C=CCSc1nnc(-c2ccco2)n1-c1ccc(C)cc1. The molecule has 0 bridgehead atoms. The third-order valence-corrected chi connectivity index (χ3v) is 3.92. The van der Waals surface area contributed by atoms with Gasteiger partial charge in [-0.3, -0.25) is 4.57 Å². The normalized spacial score (nSPS) is 10.7. The number of furan rings is 1. The van der Waals surface area contributed by atoms with Crippen molar-refractivity contribution in [2.75, 3.05) is 5.75 Å². The molecular weight excluding hydrogens is 282 g/mol. The number of thioether (sulfide) groups is 1. The second kappa shape index (κ2) is 6.01. The summed E-state index contributed by atoms with van der Waals surface area (Å²) in [6, 6.07) is 12.0. The van der Waals surface area contributed by atoms with Gasteiger partial charge in [0.05, 0.1) is 6.26 Å². The molecule has 21 heavy (non-hydrogen) atoms. The molecule has 0 aliphatic carbocycles. The lowest BCUT2D eigenvalue weighted by molar-refractivity contribution is 0.575. The maximum absolute atomic E-state index is 5.47. The van der Waals surface area contributed by atoms with Crippen molar-refractivity contribution in [1.29, 1.82) is 0 Å². The predicted octanol–water partition coefficient (Wildman–Crippen LogP) is 4.11. The molecule has 0 atom stereocenters. The number of aryl methyl sites for hydroxylation is 1. The lowest BCUT2D eigenvalue weighted by Crippen LogP contribution is -1.99. The molecule has 0 saturated heterocycles. The zero-order chi connectivity index (χ0) is 14.7. The van der Waals surface area contributed by atoms with Crippen molar-refractivity contribution >= 4 is 11.8 Å². The Labute approximate surface area is 127 Å². The van der Waals surface area contributed by atoms with Crippen LogP contribution in [-0.4, -0.2) is 20.5 Å². The lowest BCUT2D eigenvalue weighted by Gasteiger charge is -2.08. The lowest BCUT2D eigenvalue weighted by atomic mass is 10.2.